The average molecular weight is 433 g/mol. The highest BCUT2D eigenvalue weighted by Gasteiger charge is 2.21. The third-order valence-electron chi connectivity index (χ3n) is 5.08. The van der Waals surface area contributed by atoms with E-state index >= 15 is 0 Å². The number of aromatic nitrogens is 2. The number of halogens is 2. The summed E-state index contributed by atoms with van der Waals surface area (Å²) in [7, 11) is 0. The molecule has 4 rings (SSSR count). The second-order valence-corrected chi connectivity index (χ2v) is 7.98. The van der Waals surface area contributed by atoms with E-state index in [0.29, 0.717) is 39.7 Å². The molecule has 7 nitrogen and oxygen atoms in total. The van der Waals surface area contributed by atoms with Crippen molar-refractivity contribution in [2.24, 2.45) is 10.9 Å². The van der Waals surface area contributed by atoms with Gasteiger partial charge in [0.2, 0.25) is 0 Å². The first-order valence-corrected chi connectivity index (χ1v) is 10.3. The smallest absolute Gasteiger partial charge is 0.172 e. The van der Waals surface area contributed by atoms with Crippen LogP contribution in [-0.2, 0) is 6.54 Å². The maximum atomic E-state index is 9.67. The van der Waals surface area contributed by atoms with Crippen molar-refractivity contribution in [3.8, 4) is 0 Å². The molecule has 0 amide bonds. The first-order valence-electron chi connectivity index (χ1n) is 9.52. The summed E-state index contributed by atoms with van der Waals surface area (Å²) in [6.07, 6.45) is 3.67. The standard InChI is InChI=1S/C20H22Cl2N6O/c21-15-1-2-16(22)14(7-15)11-28-6-5-25-20-19(28)8-17(26-27-20)18(12-29)24-4-3-13-9-23-10-13/h1-2,4,7-8,12-13,23,29H,3,5-6,9-11H2,(H,25,27)/b18-12-,24-4+. The van der Waals surface area contributed by atoms with E-state index in [1.54, 1.807) is 12.1 Å². The number of rotatable bonds is 6. The van der Waals surface area contributed by atoms with Crippen LogP contribution in [0.15, 0.2) is 35.5 Å². The Morgan fingerprint density at radius 1 is 1.28 bits per heavy atom. The van der Waals surface area contributed by atoms with E-state index in [0.717, 1.165) is 50.1 Å². The topological polar surface area (TPSA) is 85.7 Å². The van der Waals surface area contributed by atoms with Gasteiger partial charge in [-0.15, -0.1) is 10.2 Å². The summed E-state index contributed by atoms with van der Waals surface area (Å²) in [5.41, 5.74) is 2.73. The molecule has 2 aliphatic rings. The van der Waals surface area contributed by atoms with Crippen molar-refractivity contribution in [1.82, 2.24) is 15.5 Å². The molecular formula is C20H22Cl2N6O. The number of hydrogen-bond acceptors (Lipinski definition) is 7. The molecule has 0 unspecified atom stereocenters. The Hall–Kier alpha value is -2.35. The lowest BCUT2D eigenvalue weighted by Crippen LogP contribution is -2.41. The molecule has 0 aliphatic carbocycles. The van der Waals surface area contributed by atoms with Crippen LogP contribution in [-0.4, -0.2) is 47.7 Å². The number of aliphatic hydroxyl groups is 1. The highest BCUT2D eigenvalue weighted by molar-refractivity contribution is 6.33. The quantitative estimate of drug-likeness (QED) is 0.475. The van der Waals surface area contributed by atoms with Crippen molar-refractivity contribution in [3.63, 3.8) is 0 Å². The van der Waals surface area contributed by atoms with Gasteiger partial charge < -0.3 is 20.6 Å². The fourth-order valence-electron chi connectivity index (χ4n) is 3.32. The van der Waals surface area contributed by atoms with Crippen molar-refractivity contribution in [1.29, 1.82) is 0 Å². The van der Waals surface area contributed by atoms with Crippen LogP contribution in [0.5, 0.6) is 0 Å². The largest absolute Gasteiger partial charge is 0.513 e. The zero-order chi connectivity index (χ0) is 20.2. The van der Waals surface area contributed by atoms with Crippen molar-refractivity contribution in [3.05, 3.63) is 51.8 Å². The monoisotopic (exact) mass is 432 g/mol. The molecule has 152 valence electrons. The molecule has 9 heteroatoms. The molecule has 0 spiro atoms. The molecule has 2 aliphatic heterocycles. The van der Waals surface area contributed by atoms with Crippen LogP contribution in [0, 0.1) is 5.92 Å². The van der Waals surface area contributed by atoms with E-state index in [-0.39, 0.29) is 0 Å². The molecule has 29 heavy (non-hydrogen) atoms. The first kappa shape index (κ1) is 19.9. The van der Waals surface area contributed by atoms with Crippen molar-refractivity contribution in [2.75, 3.05) is 36.4 Å². The van der Waals surface area contributed by atoms with Gasteiger partial charge in [0.25, 0.3) is 0 Å². The van der Waals surface area contributed by atoms with E-state index in [2.05, 4.69) is 30.7 Å². The number of aliphatic imine (C=N–C) groups is 1. The number of anilines is 2. The number of benzene rings is 1. The fraction of sp³-hybridized carbons (Fsp3) is 0.350. The molecule has 0 radical (unpaired) electrons. The van der Waals surface area contributed by atoms with Gasteiger partial charge in [0.15, 0.2) is 5.82 Å². The first-order chi connectivity index (χ1) is 14.1. The van der Waals surface area contributed by atoms with Crippen LogP contribution in [0.3, 0.4) is 0 Å². The van der Waals surface area contributed by atoms with Crippen molar-refractivity contribution >= 4 is 46.6 Å². The summed E-state index contributed by atoms with van der Waals surface area (Å²) in [4.78, 5) is 6.56. The van der Waals surface area contributed by atoms with Crippen LogP contribution < -0.4 is 15.5 Å². The van der Waals surface area contributed by atoms with Gasteiger partial charge in [0.05, 0.1) is 5.69 Å². The van der Waals surface area contributed by atoms with Gasteiger partial charge in [0, 0.05) is 35.9 Å². The second kappa shape index (κ2) is 8.98. The Balaban J connectivity index is 1.56. The third-order valence-corrected chi connectivity index (χ3v) is 5.68. The lowest BCUT2D eigenvalue weighted by atomic mass is 10.0. The maximum absolute atomic E-state index is 9.67. The van der Waals surface area contributed by atoms with Gasteiger partial charge in [-0.05, 0) is 55.3 Å². The summed E-state index contributed by atoms with van der Waals surface area (Å²) in [6.45, 7) is 4.13. The highest BCUT2D eigenvalue weighted by atomic mass is 35.5. The Morgan fingerprint density at radius 2 is 2.14 bits per heavy atom. The summed E-state index contributed by atoms with van der Waals surface area (Å²) >= 11 is 12.5. The summed E-state index contributed by atoms with van der Waals surface area (Å²) in [5, 5.41) is 26.0. The molecule has 0 bridgehead atoms. The van der Waals surface area contributed by atoms with Crippen molar-refractivity contribution in [2.45, 2.75) is 13.0 Å². The molecule has 1 aromatic heterocycles. The number of hydrogen-bond donors (Lipinski definition) is 3. The Bertz CT molecular complexity index is 945. The van der Waals surface area contributed by atoms with Crippen LogP contribution in [0.2, 0.25) is 10.0 Å². The molecule has 3 N–H and O–H groups in total. The van der Waals surface area contributed by atoms with E-state index in [1.165, 1.54) is 0 Å². The van der Waals surface area contributed by atoms with E-state index < -0.39 is 0 Å². The average Bonchev–Trinajstić information content (AvgIpc) is 2.69. The van der Waals surface area contributed by atoms with Crippen LogP contribution in [0.1, 0.15) is 17.7 Å². The zero-order valence-corrected chi connectivity index (χ0v) is 17.3. The minimum absolute atomic E-state index is 0.388. The number of aliphatic hydroxyl groups excluding tert-OH is 1. The van der Waals surface area contributed by atoms with E-state index in [4.69, 9.17) is 23.2 Å². The molecule has 1 aromatic carbocycles. The lowest BCUT2D eigenvalue weighted by Gasteiger charge is -2.31. The minimum atomic E-state index is 0.388. The molecular weight excluding hydrogens is 411 g/mol. The Kier molecular flexibility index (Phi) is 6.18. The molecule has 0 saturated carbocycles. The Labute approximate surface area is 179 Å². The van der Waals surface area contributed by atoms with Gasteiger partial charge in [-0.1, -0.05) is 23.2 Å². The maximum Gasteiger partial charge on any atom is 0.172 e. The third kappa shape index (κ3) is 4.63. The van der Waals surface area contributed by atoms with Gasteiger partial charge in [0.1, 0.15) is 17.7 Å². The Morgan fingerprint density at radius 3 is 2.90 bits per heavy atom. The van der Waals surface area contributed by atoms with Crippen LogP contribution in [0.4, 0.5) is 11.5 Å². The van der Waals surface area contributed by atoms with Crippen LogP contribution in [0.25, 0.3) is 5.70 Å². The molecule has 2 aromatic rings. The second-order valence-electron chi connectivity index (χ2n) is 7.13. The number of nitrogens with one attached hydrogen (secondary N) is 2. The summed E-state index contributed by atoms with van der Waals surface area (Å²) in [5.74, 6) is 1.30. The predicted molar refractivity (Wildman–Crippen MR) is 118 cm³/mol. The molecule has 3 heterocycles. The van der Waals surface area contributed by atoms with E-state index in [1.807, 2.05) is 18.3 Å². The fourth-order valence-corrected chi connectivity index (χ4v) is 3.69. The van der Waals surface area contributed by atoms with Gasteiger partial charge in [-0.2, -0.15) is 0 Å². The number of fused-ring (bicyclic) bond motifs is 1. The molecule has 0 atom stereocenters. The molecule has 1 fully saturated rings. The van der Waals surface area contributed by atoms with Crippen molar-refractivity contribution < 1.29 is 5.11 Å². The zero-order valence-electron chi connectivity index (χ0n) is 15.8. The summed E-state index contributed by atoms with van der Waals surface area (Å²) in [6, 6.07) is 7.34. The van der Waals surface area contributed by atoms with Crippen LogP contribution >= 0.6 is 23.2 Å². The minimum Gasteiger partial charge on any atom is -0.513 e. The lowest BCUT2D eigenvalue weighted by molar-refractivity contribution is 0.361. The molecule has 1 saturated heterocycles. The SMILES string of the molecule is O/C=C(\N=C\CC1CNC1)c1cc2c(nn1)NCCN2Cc1cc(Cl)ccc1Cl. The van der Waals surface area contributed by atoms with Gasteiger partial charge in [-0.3, -0.25) is 4.99 Å². The van der Waals surface area contributed by atoms with Gasteiger partial charge in [-0.25, -0.2) is 0 Å². The summed E-state index contributed by atoms with van der Waals surface area (Å²) < 4.78 is 0. The number of nitrogens with zero attached hydrogens (tertiary/aromatic N) is 4. The normalized spacial score (nSPS) is 17.2. The van der Waals surface area contributed by atoms with E-state index in [9.17, 15) is 5.11 Å². The van der Waals surface area contributed by atoms with Gasteiger partial charge >= 0.3 is 0 Å². The predicted octanol–water partition coefficient (Wildman–Crippen LogP) is 3.75. The highest BCUT2D eigenvalue weighted by Crippen LogP contribution is 2.32.